The molecule has 86 valence electrons. The summed E-state index contributed by atoms with van der Waals surface area (Å²) in [4.78, 5) is 0. The molecular weight excluding hydrogens is 212 g/mol. The quantitative estimate of drug-likeness (QED) is 0.739. The molecule has 2 aliphatic rings. The average molecular weight is 225 g/mol. The molecule has 0 bridgehead atoms. The van der Waals surface area contributed by atoms with Gasteiger partial charge in [-0.05, 0) is 37.0 Å². The zero-order valence-electron chi connectivity index (χ0n) is 8.83. The lowest BCUT2D eigenvalue weighted by atomic mass is 9.86. The Hall–Kier alpha value is -1.21. The molecule has 0 aliphatic heterocycles. The predicted molar refractivity (Wildman–Crippen MR) is 54.6 cm³/mol. The van der Waals surface area contributed by atoms with E-state index in [1.54, 1.807) is 6.07 Å². The third-order valence-corrected chi connectivity index (χ3v) is 3.12. The summed E-state index contributed by atoms with van der Waals surface area (Å²) in [5.74, 6) is -3.57. The third-order valence-electron chi connectivity index (χ3n) is 3.12. The molecule has 2 rings (SSSR count). The lowest BCUT2D eigenvalue weighted by molar-refractivity contribution is -0.139. The summed E-state index contributed by atoms with van der Waals surface area (Å²) in [6, 6.07) is 1.72. The fourth-order valence-corrected chi connectivity index (χ4v) is 1.79. The van der Waals surface area contributed by atoms with E-state index >= 15 is 0 Å². The minimum atomic E-state index is -2.17. The second kappa shape index (κ2) is 4.34. The molecule has 0 heterocycles. The maximum Gasteiger partial charge on any atom is 0.248 e. The fraction of sp³-hybridized carbons (Fsp3) is 0.583. The molecule has 1 fully saturated rings. The predicted octanol–water partition coefficient (Wildman–Crippen LogP) is 3.03. The molecule has 0 aromatic carbocycles. The van der Waals surface area contributed by atoms with Crippen molar-refractivity contribution in [2.75, 3.05) is 6.61 Å². The fourth-order valence-electron chi connectivity index (χ4n) is 1.79. The van der Waals surface area contributed by atoms with E-state index in [0.717, 1.165) is 37.5 Å². The van der Waals surface area contributed by atoms with Crippen molar-refractivity contribution in [3.63, 3.8) is 0 Å². The molecule has 2 nitrogen and oxygen atoms in total. The van der Waals surface area contributed by atoms with Crippen LogP contribution in [0.3, 0.4) is 0 Å². The number of hydrogen-bond acceptors (Lipinski definition) is 2. The van der Waals surface area contributed by atoms with Crippen LogP contribution in [0.5, 0.6) is 0 Å². The van der Waals surface area contributed by atoms with Gasteiger partial charge in [-0.15, -0.1) is 0 Å². The zero-order valence-corrected chi connectivity index (χ0v) is 8.83. The van der Waals surface area contributed by atoms with E-state index in [2.05, 4.69) is 0 Å². The van der Waals surface area contributed by atoms with Gasteiger partial charge in [0, 0.05) is 0 Å². The van der Waals surface area contributed by atoms with Gasteiger partial charge in [-0.3, -0.25) is 0 Å². The summed E-state index contributed by atoms with van der Waals surface area (Å²) in [5, 5.41) is 8.77. The van der Waals surface area contributed by atoms with Gasteiger partial charge in [-0.2, -0.15) is 5.26 Å². The van der Waals surface area contributed by atoms with Gasteiger partial charge in [0.05, 0.1) is 12.7 Å². The molecule has 0 radical (unpaired) electrons. The highest BCUT2D eigenvalue weighted by Gasteiger charge is 2.40. The van der Waals surface area contributed by atoms with Crippen molar-refractivity contribution >= 4 is 0 Å². The van der Waals surface area contributed by atoms with Gasteiger partial charge in [-0.25, -0.2) is 8.78 Å². The van der Waals surface area contributed by atoms with Crippen LogP contribution >= 0.6 is 0 Å². The smallest absolute Gasteiger partial charge is 0.248 e. The van der Waals surface area contributed by atoms with Gasteiger partial charge in [0.2, 0.25) is 5.85 Å². The summed E-state index contributed by atoms with van der Waals surface area (Å²) >= 11 is 0. The normalized spacial score (nSPS) is 34.1. The van der Waals surface area contributed by atoms with Crippen molar-refractivity contribution in [2.24, 2.45) is 11.8 Å². The maximum atomic E-state index is 14.2. The van der Waals surface area contributed by atoms with Gasteiger partial charge >= 0.3 is 0 Å². The molecule has 0 amide bonds. The van der Waals surface area contributed by atoms with Crippen LogP contribution in [0.15, 0.2) is 24.1 Å². The Balaban J connectivity index is 1.99. The molecule has 2 aliphatic carbocycles. The number of allylic oxidation sites excluding steroid dienone is 2. The minimum Gasteiger partial charge on any atom is -0.341 e. The second-order valence-corrected chi connectivity index (χ2v) is 4.30. The Bertz CT molecular complexity index is 368. The van der Waals surface area contributed by atoms with Crippen molar-refractivity contribution < 1.29 is 13.5 Å². The summed E-state index contributed by atoms with van der Waals surface area (Å²) in [7, 11) is 0. The van der Waals surface area contributed by atoms with E-state index in [1.165, 1.54) is 0 Å². The number of halogens is 2. The van der Waals surface area contributed by atoms with Crippen LogP contribution in [0.25, 0.3) is 0 Å². The first-order valence-electron chi connectivity index (χ1n) is 5.43. The van der Waals surface area contributed by atoms with Crippen molar-refractivity contribution in [1.82, 2.24) is 0 Å². The minimum absolute atomic E-state index is 0.300. The van der Waals surface area contributed by atoms with Crippen LogP contribution in [0.4, 0.5) is 8.78 Å². The van der Waals surface area contributed by atoms with Crippen LogP contribution in [0, 0.1) is 23.2 Å². The zero-order chi connectivity index (χ0) is 11.6. The average Bonchev–Trinajstić information content (AvgIpc) is 2.20. The third kappa shape index (κ3) is 2.14. The highest BCUT2D eigenvalue weighted by atomic mass is 19.2. The number of alkyl halides is 1. The first kappa shape index (κ1) is 11.3. The lowest BCUT2D eigenvalue weighted by Crippen LogP contribution is -2.36. The van der Waals surface area contributed by atoms with Crippen molar-refractivity contribution in [3.8, 4) is 6.07 Å². The SMILES string of the molecule is N#CC1C=C(F)C=CC1(F)OCC1CCC1. The van der Waals surface area contributed by atoms with Gasteiger partial charge in [0.25, 0.3) is 0 Å². The Morgan fingerprint density at radius 2 is 2.31 bits per heavy atom. The molecule has 0 aromatic heterocycles. The highest BCUT2D eigenvalue weighted by Crippen LogP contribution is 2.35. The highest BCUT2D eigenvalue weighted by molar-refractivity contribution is 5.27. The van der Waals surface area contributed by atoms with Gasteiger partial charge in [-0.1, -0.05) is 6.42 Å². The molecule has 2 atom stereocenters. The number of nitrogens with zero attached hydrogens (tertiary/aromatic N) is 1. The van der Waals surface area contributed by atoms with E-state index in [0.29, 0.717) is 12.5 Å². The number of ether oxygens (including phenoxy) is 1. The molecule has 4 heteroatoms. The van der Waals surface area contributed by atoms with E-state index in [1.807, 2.05) is 0 Å². The molecule has 0 aromatic rings. The van der Waals surface area contributed by atoms with Gasteiger partial charge in [0.15, 0.2) is 0 Å². The van der Waals surface area contributed by atoms with Gasteiger partial charge in [0.1, 0.15) is 11.7 Å². The Morgan fingerprint density at radius 3 is 2.88 bits per heavy atom. The summed E-state index contributed by atoms with van der Waals surface area (Å²) in [6.07, 6.45) is 6.20. The summed E-state index contributed by atoms with van der Waals surface area (Å²) < 4.78 is 32.2. The van der Waals surface area contributed by atoms with Crippen LogP contribution < -0.4 is 0 Å². The van der Waals surface area contributed by atoms with E-state index in [9.17, 15) is 8.78 Å². The number of hydrogen-bond donors (Lipinski definition) is 0. The van der Waals surface area contributed by atoms with Crippen LogP contribution in [0.2, 0.25) is 0 Å². The van der Waals surface area contributed by atoms with E-state index in [-0.39, 0.29) is 0 Å². The van der Waals surface area contributed by atoms with Gasteiger partial charge < -0.3 is 4.74 Å². The largest absolute Gasteiger partial charge is 0.341 e. The second-order valence-electron chi connectivity index (χ2n) is 4.30. The molecule has 1 saturated carbocycles. The van der Waals surface area contributed by atoms with Crippen molar-refractivity contribution in [1.29, 1.82) is 5.26 Å². The van der Waals surface area contributed by atoms with E-state index < -0.39 is 17.6 Å². The molecule has 2 unspecified atom stereocenters. The maximum absolute atomic E-state index is 14.2. The molecule has 16 heavy (non-hydrogen) atoms. The Morgan fingerprint density at radius 1 is 1.56 bits per heavy atom. The van der Waals surface area contributed by atoms with E-state index in [4.69, 9.17) is 10.00 Å². The standard InChI is InChI=1S/C12H13F2NO/c13-11-4-5-12(14,10(6-11)7-15)16-8-9-2-1-3-9/h4-6,9-10H,1-3,8H2. The Kier molecular flexibility index (Phi) is 3.06. The monoisotopic (exact) mass is 225 g/mol. The Labute approximate surface area is 93.2 Å². The van der Waals surface area contributed by atoms with Crippen LogP contribution in [-0.4, -0.2) is 12.5 Å². The van der Waals surface area contributed by atoms with Crippen molar-refractivity contribution in [2.45, 2.75) is 25.1 Å². The summed E-state index contributed by atoms with van der Waals surface area (Å²) in [6.45, 7) is 0.300. The number of rotatable bonds is 3. The van der Waals surface area contributed by atoms with Crippen LogP contribution in [-0.2, 0) is 4.74 Å². The molecule has 0 spiro atoms. The van der Waals surface area contributed by atoms with Crippen LogP contribution in [0.1, 0.15) is 19.3 Å². The number of nitriles is 1. The lowest BCUT2D eigenvalue weighted by Gasteiger charge is -2.32. The topological polar surface area (TPSA) is 33.0 Å². The molecular formula is C12H13F2NO. The summed E-state index contributed by atoms with van der Waals surface area (Å²) in [5.41, 5.74) is 0. The molecule has 0 N–H and O–H groups in total. The molecule has 0 saturated heterocycles. The first-order chi connectivity index (χ1) is 7.64. The van der Waals surface area contributed by atoms with Crippen molar-refractivity contribution in [3.05, 3.63) is 24.1 Å². The first-order valence-corrected chi connectivity index (χ1v) is 5.43.